The summed E-state index contributed by atoms with van der Waals surface area (Å²) < 4.78 is 5.03. The maximum atomic E-state index is 12.3. The number of carbonyl (C=O) groups excluding carboxylic acids is 1. The van der Waals surface area contributed by atoms with Crippen LogP contribution in [0.15, 0.2) is 0 Å². The Labute approximate surface area is 166 Å². The molecule has 0 aliphatic carbocycles. The fourth-order valence-electron chi connectivity index (χ4n) is 3.46. The largest absolute Gasteiger partial charge is 0.479 e. The quantitative estimate of drug-likeness (QED) is 0.218. The predicted octanol–water partition coefficient (Wildman–Crippen LogP) is 5.41. The molecular weight excluding hydrogens is 342 g/mol. The molecule has 1 unspecified atom stereocenters. The van der Waals surface area contributed by atoms with E-state index < -0.39 is 23.0 Å². The summed E-state index contributed by atoms with van der Waals surface area (Å²) in [4.78, 5) is 25.8. The van der Waals surface area contributed by atoms with Gasteiger partial charge in [-0.2, -0.15) is 0 Å². The molecule has 160 valence electrons. The molecule has 0 spiro atoms. The van der Waals surface area contributed by atoms with E-state index in [0.717, 1.165) is 19.3 Å². The van der Waals surface area contributed by atoms with Gasteiger partial charge < -0.3 is 9.84 Å². The van der Waals surface area contributed by atoms with Gasteiger partial charge in [-0.25, -0.2) is 9.59 Å². The van der Waals surface area contributed by atoms with Gasteiger partial charge in [-0.15, -0.1) is 0 Å². The van der Waals surface area contributed by atoms with Crippen LogP contribution in [0.3, 0.4) is 0 Å². The molecule has 0 heterocycles. The lowest BCUT2D eigenvalue weighted by Crippen LogP contribution is -2.63. The van der Waals surface area contributed by atoms with Crippen LogP contribution in [-0.4, -0.2) is 46.7 Å². The maximum Gasteiger partial charge on any atom is 0.338 e. The molecule has 5 nitrogen and oxygen atoms in total. The molecule has 0 radical (unpaired) electrons. The third-order valence-electron chi connectivity index (χ3n) is 5.81. The molecule has 0 aromatic heterocycles. The van der Waals surface area contributed by atoms with Gasteiger partial charge in [0.2, 0.25) is 5.54 Å². The van der Waals surface area contributed by atoms with Gasteiger partial charge in [-0.1, -0.05) is 71.1 Å². The van der Waals surface area contributed by atoms with Gasteiger partial charge in [-0.3, -0.25) is 4.90 Å². The van der Waals surface area contributed by atoms with Crippen LogP contribution in [0.25, 0.3) is 0 Å². The molecule has 0 amide bonds. The zero-order valence-corrected chi connectivity index (χ0v) is 18.6. The highest BCUT2D eigenvalue weighted by Gasteiger charge is 2.51. The fourth-order valence-corrected chi connectivity index (χ4v) is 3.46. The van der Waals surface area contributed by atoms with Crippen LogP contribution in [0, 0.1) is 0 Å². The summed E-state index contributed by atoms with van der Waals surface area (Å²) in [6, 6.07) is 0. The number of aliphatic carboxylic acids is 1. The molecule has 0 bridgehead atoms. The molecule has 5 heteroatoms. The predicted molar refractivity (Wildman–Crippen MR) is 111 cm³/mol. The van der Waals surface area contributed by atoms with Gasteiger partial charge in [0.1, 0.15) is 0 Å². The fraction of sp³-hybridized carbons (Fsp3) is 0.909. The number of carbonyl (C=O) groups is 2. The van der Waals surface area contributed by atoms with E-state index in [1.165, 1.54) is 58.3 Å². The van der Waals surface area contributed by atoms with Crippen LogP contribution >= 0.6 is 0 Å². The van der Waals surface area contributed by atoms with Gasteiger partial charge in [-0.05, 0) is 41.2 Å². The van der Waals surface area contributed by atoms with Crippen molar-refractivity contribution in [1.29, 1.82) is 0 Å². The molecule has 0 saturated heterocycles. The number of rotatable bonds is 16. The van der Waals surface area contributed by atoms with E-state index in [2.05, 4.69) is 6.92 Å². The zero-order chi connectivity index (χ0) is 20.9. The number of carboxylic acid groups (broad SMARTS) is 1. The molecule has 0 aliphatic heterocycles. The van der Waals surface area contributed by atoms with Crippen LogP contribution in [0.4, 0.5) is 0 Å². The molecule has 0 aromatic carbocycles. The first-order chi connectivity index (χ1) is 12.6. The molecule has 1 N–H and O–H groups in total. The molecule has 1 atom stereocenters. The summed E-state index contributed by atoms with van der Waals surface area (Å²) >= 11 is 0. The number of unbranched alkanes of at least 4 members (excludes halogenated alkanes) is 9. The van der Waals surface area contributed by atoms with E-state index >= 15 is 0 Å². The van der Waals surface area contributed by atoms with Crippen molar-refractivity contribution in [3.63, 3.8) is 0 Å². The Balaban J connectivity index is 4.36. The second kappa shape index (κ2) is 13.1. The van der Waals surface area contributed by atoms with Crippen LogP contribution < -0.4 is 0 Å². The average Bonchev–Trinajstić information content (AvgIpc) is 2.61. The monoisotopic (exact) mass is 385 g/mol. The highest BCUT2D eigenvalue weighted by molar-refractivity contribution is 6.03. The Bertz CT molecular complexity index is 436. The first-order valence-corrected chi connectivity index (χ1v) is 10.8. The van der Waals surface area contributed by atoms with Crippen molar-refractivity contribution in [2.75, 3.05) is 13.7 Å². The molecular formula is C22H43NO4. The van der Waals surface area contributed by atoms with E-state index in [9.17, 15) is 14.7 Å². The Kier molecular flexibility index (Phi) is 12.6. The zero-order valence-electron chi connectivity index (χ0n) is 18.6. The number of hydrogen-bond acceptors (Lipinski definition) is 4. The van der Waals surface area contributed by atoms with E-state index in [0.29, 0.717) is 0 Å². The molecule has 0 aromatic rings. The lowest BCUT2D eigenvalue weighted by molar-refractivity contribution is -0.173. The molecule has 0 fully saturated rings. The van der Waals surface area contributed by atoms with Crippen molar-refractivity contribution in [1.82, 2.24) is 4.90 Å². The van der Waals surface area contributed by atoms with Crippen LogP contribution in [-0.2, 0) is 14.3 Å². The Morgan fingerprint density at radius 2 is 1.30 bits per heavy atom. The molecule has 27 heavy (non-hydrogen) atoms. The SMILES string of the molecule is CCCCCCCCCCCCC(C)(C)N(C)C(C)(C(=O)O)C(=O)OCC. The van der Waals surface area contributed by atoms with Gasteiger partial charge in [0.05, 0.1) is 6.61 Å². The maximum absolute atomic E-state index is 12.3. The van der Waals surface area contributed by atoms with Gasteiger partial charge in [0.15, 0.2) is 0 Å². The van der Waals surface area contributed by atoms with Gasteiger partial charge >= 0.3 is 11.9 Å². The summed E-state index contributed by atoms with van der Waals surface area (Å²) in [6.45, 7) is 9.55. The summed E-state index contributed by atoms with van der Waals surface area (Å²) in [5.41, 5.74) is -2.07. The topological polar surface area (TPSA) is 66.8 Å². The number of likely N-dealkylation sites (N-methyl/N-ethyl adjacent to an activating group) is 1. The number of ether oxygens (including phenoxy) is 1. The highest BCUT2D eigenvalue weighted by atomic mass is 16.5. The number of esters is 1. The van der Waals surface area contributed by atoms with Crippen LogP contribution in [0.2, 0.25) is 0 Å². The van der Waals surface area contributed by atoms with Crippen molar-refractivity contribution in [3.05, 3.63) is 0 Å². The Morgan fingerprint density at radius 3 is 1.70 bits per heavy atom. The first-order valence-electron chi connectivity index (χ1n) is 10.8. The Morgan fingerprint density at radius 1 is 0.852 bits per heavy atom. The number of hydrogen-bond donors (Lipinski definition) is 1. The third-order valence-corrected chi connectivity index (χ3v) is 5.81. The standard InChI is InChI=1S/C22H43NO4/c1-7-9-10-11-12-13-14-15-16-17-18-21(3,4)23(6)22(5,19(24)25)20(26)27-8-2/h7-18H2,1-6H3,(H,24,25). The van der Waals surface area contributed by atoms with Gasteiger partial charge in [0, 0.05) is 5.54 Å². The second-order valence-corrected chi connectivity index (χ2v) is 8.40. The second-order valence-electron chi connectivity index (χ2n) is 8.40. The summed E-state index contributed by atoms with van der Waals surface area (Å²) in [7, 11) is 1.71. The lowest BCUT2D eigenvalue weighted by Gasteiger charge is -2.44. The Hall–Kier alpha value is -1.10. The van der Waals surface area contributed by atoms with Crippen molar-refractivity contribution in [3.8, 4) is 0 Å². The van der Waals surface area contributed by atoms with Crippen molar-refractivity contribution in [2.24, 2.45) is 0 Å². The lowest BCUT2D eigenvalue weighted by atomic mass is 9.88. The summed E-state index contributed by atoms with van der Waals surface area (Å²) in [5.74, 6) is -1.87. The van der Waals surface area contributed by atoms with E-state index in [-0.39, 0.29) is 6.61 Å². The van der Waals surface area contributed by atoms with E-state index in [1.54, 1.807) is 18.9 Å². The summed E-state index contributed by atoms with van der Waals surface area (Å²) in [5, 5.41) is 9.67. The summed E-state index contributed by atoms with van der Waals surface area (Å²) in [6.07, 6.45) is 13.5. The number of carboxylic acids is 1. The van der Waals surface area contributed by atoms with Crippen LogP contribution in [0.1, 0.15) is 105 Å². The minimum atomic E-state index is -1.67. The van der Waals surface area contributed by atoms with Crippen molar-refractivity contribution >= 4 is 11.9 Å². The first kappa shape index (κ1) is 25.9. The number of nitrogens with zero attached hydrogens (tertiary/aromatic N) is 1. The normalized spacial score (nSPS) is 14.2. The van der Waals surface area contributed by atoms with E-state index in [4.69, 9.17) is 4.74 Å². The smallest absolute Gasteiger partial charge is 0.338 e. The van der Waals surface area contributed by atoms with Crippen molar-refractivity contribution < 1.29 is 19.4 Å². The minimum absolute atomic E-state index is 0.175. The van der Waals surface area contributed by atoms with E-state index in [1.807, 2.05) is 13.8 Å². The molecule has 0 rings (SSSR count). The highest BCUT2D eigenvalue weighted by Crippen LogP contribution is 2.30. The van der Waals surface area contributed by atoms with Gasteiger partial charge in [0.25, 0.3) is 0 Å². The van der Waals surface area contributed by atoms with Crippen molar-refractivity contribution in [2.45, 2.75) is 116 Å². The molecule has 0 aliphatic rings. The minimum Gasteiger partial charge on any atom is -0.479 e. The van der Waals surface area contributed by atoms with Crippen LogP contribution in [0.5, 0.6) is 0 Å². The molecule has 0 saturated carbocycles. The third kappa shape index (κ3) is 8.63. The average molecular weight is 386 g/mol.